The molecule has 0 saturated carbocycles. The first-order valence-corrected chi connectivity index (χ1v) is 14.0. The van der Waals surface area contributed by atoms with Gasteiger partial charge in [0.15, 0.2) is 0 Å². The largest absolute Gasteiger partial charge is 0.416 e. The summed E-state index contributed by atoms with van der Waals surface area (Å²) in [5.74, 6) is -0.693. The fraction of sp³-hybridized carbons (Fsp3) is 0.200. The Morgan fingerprint density at radius 2 is 1.41 bits per heavy atom. The van der Waals surface area contributed by atoms with Crippen molar-refractivity contribution in [2.45, 2.75) is 45.7 Å². The Balaban J connectivity index is 0.00000154. The Morgan fingerprint density at radius 1 is 0.804 bits per heavy atom. The van der Waals surface area contributed by atoms with Gasteiger partial charge in [0.2, 0.25) is 0 Å². The summed E-state index contributed by atoms with van der Waals surface area (Å²) in [6.45, 7) is 5.72. The molecule has 11 heteroatoms. The van der Waals surface area contributed by atoms with Gasteiger partial charge < -0.3 is 9.88 Å². The molecule has 0 saturated heterocycles. The van der Waals surface area contributed by atoms with Crippen molar-refractivity contribution in [1.82, 2.24) is 9.88 Å². The average Bonchev–Trinajstić information content (AvgIpc) is 3.25. The number of rotatable bonds is 6. The maximum absolute atomic E-state index is 13.6. The van der Waals surface area contributed by atoms with Crippen LogP contribution in [0, 0.1) is 13.8 Å². The molecule has 4 aromatic carbocycles. The number of amides is 1. The van der Waals surface area contributed by atoms with Crippen LogP contribution in [0.3, 0.4) is 0 Å². The third kappa shape index (κ3) is 7.38. The van der Waals surface area contributed by atoms with Crippen molar-refractivity contribution in [2.24, 2.45) is 0 Å². The van der Waals surface area contributed by atoms with E-state index in [9.17, 15) is 31.1 Å². The van der Waals surface area contributed by atoms with Gasteiger partial charge in [0.1, 0.15) is 0 Å². The summed E-state index contributed by atoms with van der Waals surface area (Å²) >= 11 is 0. The Labute approximate surface area is 260 Å². The van der Waals surface area contributed by atoms with Gasteiger partial charge in [0.05, 0.1) is 17.2 Å². The summed E-state index contributed by atoms with van der Waals surface area (Å²) < 4.78 is 82.8. The molecule has 5 aromatic rings. The van der Waals surface area contributed by atoms with E-state index in [0.29, 0.717) is 24.7 Å². The Morgan fingerprint density at radius 3 is 2.00 bits per heavy atom. The van der Waals surface area contributed by atoms with Gasteiger partial charge in [0, 0.05) is 28.7 Å². The van der Waals surface area contributed by atoms with Gasteiger partial charge in [-0.3, -0.25) is 4.79 Å². The molecule has 0 aliphatic rings. The molecule has 0 bridgehead atoms. The first kappa shape index (κ1) is 33.7. The van der Waals surface area contributed by atoms with Crippen LogP contribution in [-0.4, -0.2) is 16.6 Å². The third-order valence-electron chi connectivity index (χ3n) is 7.80. The first-order valence-electron chi connectivity index (χ1n) is 14.0. The van der Waals surface area contributed by atoms with Gasteiger partial charge >= 0.3 is 18.5 Å². The van der Waals surface area contributed by atoms with E-state index in [1.807, 2.05) is 44.2 Å². The highest BCUT2D eigenvalue weighted by molar-refractivity contribution is 5.99. The number of carbonyl (C=O) groups is 1. The number of hydrogen-bond acceptors (Lipinski definition) is 3. The van der Waals surface area contributed by atoms with E-state index in [4.69, 9.17) is 9.59 Å². The summed E-state index contributed by atoms with van der Waals surface area (Å²) in [6, 6.07) is 23.2. The number of nitrogens with one attached hydrogen (secondary N) is 1. The number of aryl methyl sites for hydroxylation is 1. The molecule has 238 valence electrons. The summed E-state index contributed by atoms with van der Waals surface area (Å²) in [7, 11) is 0. The van der Waals surface area contributed by atoms with Gasteiger partial charge in [-0.1, -0.05) is 54.6 Å². The maximum atomic E-state index is 13.6. The number of fused-ring (bicyclic) bond motifs is 1. The number of alkyl halides is 6. The minimum atomic E-state index is -4.89. The normalized spacial score (nSPS) is 12.2. The highest BCUT2D eigenvalue weighted by atomic mass is 19.4. The van der Waals surface area contributed by atoms with Crippen molar-refractivity contribution in [3.63, 3.8) is 0 Å². The van der Waals surface area contributed by atoms with Crippen LogP contribution in [0.5, 0.6) is 0 Å². The average molecular weight is 639 g/mol. The molecule has 1 N–H and O–H groups in total. The van der Waals surface area contributed by atoms with E-state index in [1.54, 1.807) is 18.2 Å². The van der Waals surface area contributed by atoms with Crippen LogP contribution in [0.2, 0.25) is 0 Å². The van der Waals surface area contributed by atoms with E-state index < -0.39 is 41.0 Å². The van der Waals surface area contributed by atoms with Gasteiger partial charge in [-0.2, -0.15) is 35.9 Å². The summed E-state index contributed by atoms with van der Waals surface area (Å²) in [5, 5.41) is 3.25. The zero-order chi connectivity index (χ0) is 33.8. The fourth-order valence-corrected chi connectivity index (χ4v) is 5.32. The highest BCUT2D eigenvalue weighted by Gasteiger charge is 2.38. The monoisotopic (exact) mass is 638 g/mol. The zero-order valence-electron chi connectivity index (χ0n) is 24.9. The first-order chi connectivity index (χ1) is 21.6. The van der Waals surface area contributed by atoms with Crippen LogP contribution < -0.4 is 5.32 Å². The molecule has 0 fully saturated rings. The Hall–Kier alpha value is -5.15. The van der Waals surface area contributed by atoms with E-state index >= 15 is 0 Å². The molecule has 1 aromatic heterocycles. The van der Waals surface area contributed by atoms with Crippen LogP contribution in [-0.2, 0) is 28.5 Å². The number of benzene rings is 4. The molecule has 0 aliphatic carbocycles. The molecule has 1 amide bonds. The van der Waals surface area contributed by atoms with Crippen molar-refractivity contribution in [3.8, 4) is 11.1 Å². The molecular weight excluding hydrogens is 610 g/mol. The SMILES string of the molecule is Cc1c(C)n(Cc2ccc(-c3ccccc3)cc2)c2ccc(C(=O)N[C@H](C)c3cc(C(F)(F)F)ccc3C(F)(F)F)cc12.O=C=O. The predicted molar refractivity (Wildman–Crippen MR) is 160 cm³/mol. The lowest BCUT2D eigenvalue weighted by Gasteiger charge is -2.21. The van der Waals surface area contributed by atoms with Crippen molar-refractivity contribution in [3.05, 3.63) is 130 Å². The molecule has 0 radical (unpaired) electrons. The van der Waals surface area contributed by atoms with E-state index in [1.165, 1.54) is 6.92 Å². The number of hydrogen-bond donors (Lipinski definition) is 1. The van der Waals surface area contributed by atoms with Gasteiger partial charge in [-0.15, -0.1) is 0 Å². The molecule has 5 rings (SSSR count). The molecule has 0 unspecified atom stereocenters. The molecular formula is C35H28F6N2O3. The number of halogens is 6. The zero-order valence-corrected chi connectivity index (χ0v) is 24.9. The summed E-state index contributed by atoms with van der Waals surface area (Å²) in [6.07, 6.45) is -9.48. The van der Waals surface area contributed by atoms with Crippen LogP contribution in [0.1, 0.15) is 56.8 Å². The minimum Gasteiger partial charge on any atom is -0.346 e. The van der Waals surface area contributed by atoms with Crippen LogP contribution >= 0.6 is 0 Å². The van der Waals surface area contributed by atoms with E-state index in [-0.39, 0.29) is 11.7 Å². The highest BCUT2D eigenvalue weighted by Crippen LogP contribution is 2.39. The Kier molecular flexibility index (Phi) is 9.87. The number of aromatic nitrogens is 1. The standard InChI is InChI=1S/C34H28F6N2O.CO2/c1-20-22(3)42(19-23-9-11-25(12-10-23)24-7-5-4-6-8-24)31-16-13-26(17-28(20)31)32(43)41-21(2)29-18-27(33(35,36)37)14-15-30(29)34(38,39)40;2-1-3/h4-18,21H,19H2,1-3H3,(H,41,43);/t21-;/m1./s1. The lowest BCUT2D eigenvalue weighted by Crippen LogP contribution is -2.28. The molecule has 1 heterocycles. The Bertz CT molecular complexity index is 1890. The van der Waals surface area contributed by atoms with Gasteiger partial charge in [-0.05, 0) is 85.0 Å². The van der Waals surface area contributed by atoms with Gasteiger partial charge in [0.25, 0.3) is 5.91 Å². The third-order valence-corrected chi connectivity index (χ3v) is 7.80. The van der Waals surface area contributed by atoms with Crippen LogP contribution in [0.25, 0.3) is 22.0 Å². The second-order valence-electron chi connectivity index (χ2n) is 10.7. The minimum absolute atomic E-state index is 0.187. The van der Waals surface area contributed by atoms with Crippen LogP contribution in [0.15, 0.2) is 91.0 Å². The summed E-state index contributed by atoms with van der Waals surface area (Å²) in [5.41, 5.74) is 3.19. The van der Waals surface area contributed by atoms with Crippen molar-refractivity contribution in [2.75, 3.05) is 0 Å². The summed E-state index contributed by atoms with van der Waals surface area (Å²) in [4.78, 5) is 29.4. The molecule has 0 aliphatic heterocycles. The molecule has 0 spiro atoms. The smallest absolute Gasteiger partial charge is 0.346 e. The molecule has 1 atom stereocenters. The van der Waals surface area contributed by atoms with Crippen molar-refractivity contribution < 1.29 is 40.7 Å². The lowest BCUT2D eigenvalue weighted by atomic mass is 9.97. The lowest BCUT2D eigenvalue weighted by molar-refractivity contribution is -0.191. The van der Waals surface area contributed by atoms with Crippen molar-refractivity contribution >= 4 is 23.0 Å². The van der Waals surface area contributed by atoms with E-state index in [2.05, 4.69) is 34.1 Å². The van der Waals surface area contributed by atoms with Crippen LogP contribution in [0.4, 0.5) is 26.3 Å². The second-order valence-corrected chi connectivity index (χ2v) is 10.7. The van der Waals surface area contributed by atoms with E-state index in [0.717, 1.165) is 38.9 Å². The quantitative estimate of drug-likeness (QED) is 0.189. The fourth-order valence-electron chi connectivity index (χ4n) is 5.32. The van der Waals surface area contributed by atoms with Gasteiger partial charge in [-0.25, -0.2) is 0 Å². The molecule has 5 nitrogen and oxygen atoms in total. The maximum Gasteiger partial charge on any atom is 0.416 e. The second kappa shape index (κ2) is 13.5. The molecule has 46 heavy (non-hydrogen) atoms. The number of nitrogens with zero attached hydrogens (tertiary/aromatic N) is 1. The van der Waals surface area contributed by atoms with Crippen molar-refractivity contribution in [1.29, 1.82) is 0 Å². The topological polar surface area (TPSA) is 68.2 Å². The predicted octanol–water partition coefficient (Wildman–Crippen LogP) is 8.92. The number of carbonyl (C=O) groups excluding carboxylic acids is 3.